The van der Waals surface area contributed by atoms with Gasteiger partial charge in [0.2, 0.25) is 5.75 Å². The van der Waals surface area contributed by atoms with Crippen LogP contribution in [0.25, 0.3) is 0 Å². The third-order valence-corrected chi connectivity index (χ3v) is 3.52. The van der Waals surface area contributed by atoms with Crippen molar-refractivity contribution in [1.82, 2.24) is 0 Å². The maximum Gasteiger partial charge on any atom is 0.256 e. The molecule has 0 saturated carbocycles. The molecule has 0 atom stereocenters. The van der Waals surface area contributed by atoms with Crippen LogP contribution in [-0.2, 0) is 0 Å². The maximum atomic E-state index is 12.7. The van der Waals surface area contributed by atoms with Gasteiger partial charge >= 0.3 is 0 Å². The van der Waals surface area contributed by atoms with Crippen LogP contribution >= 0.6 is 0 Å². The lowest BCUT2D eigenvalue weighted by atomic mass is 10.1. The van der Waals surface area contributed by atoms with Crippen LogP contribution in [0.15, 0.2) is 36.4 Å². The first-order chi connectivity index (χ1) is 12.1. The Morgan fingerprint density at radius 3 is 2.16 bits per heavy atom. The maximum absolute atomic E-state index is 12.7. The number of carbonyl (C=O) groups is 1. The number of anilines is 1. The lowest BCUT2D eigenvalue weighted by Gasteiger charge is -2.15. The Morgan fingerprint density at radius 1 is 0.960 bits per heavy atom. The minimum atomic E-state index is -0.299. The van der Waals surface area contributed by atoms with Crippen LogP contribution in [0.1, 0.15) is 23.7 Å². The highest BCUT2D eigenvalue weighted by atomic mass is 16.5. The molecule has 0 aliphatic carbocycles. The summed E-state index contributed by atoms with van der Waals surface area (Å²) in [6, 6.07) is 10.5. The minimum absolute atomic E-state index is 0.299. The van der Waals surface area contributed by atoms with Gasteiger partial charge in [0, 0.05) is 5.56 Å². The van der Waals surface area contributed by atoms with Crippen molar-refractivity contribution in [3.63, 3.8) is 0 Å². The van der Waals surface area contributed by atoms with E-state index >= 15 is 0 Å². The van der Waals surface area contributed by atoms with Crippen LogP contribution in [0.2, 0.25) is 0 Å². The molecule has 0 unspecified atom stereocenters. The van der Waals surface area contributed by atoms with E-state index < -0.39 is 0 Å². The summed E-state index contributed by atoms with van der Waals surface area (Å²) in [5, 5.41) is 2.86. The van der Waals surface area contributed by atoms with Crippen molar-refractivity contribution in [2.24, 2.45) is 0 Å². The van der Waals surface area contributed by atoms with E-state index in [1.165, 1.54) is 21.3 Å². The fourth-order valence-electron chi connectivity index (χ4n) is 2.31. The predicted molar refractivity (Wildman–Crippen MR) is 96.3 cm³/mol. The van der Waals surface area contributed by atoms with Gasteiger partial charge in [-0.2, -0.15) is 0 Å². The van der Waals surface area contributed by atoms with Gasteiger partial charge in [-0.25, -0.2) is 0 Å². The zero-order chi connectivity index (χ0) is 18.2. The Morgan fingerprint density at radius 2 is 1.60 bits per heavy atom. The quantitative estimate of drug-likeness (QED) is 0.789. The van der Waals surface area contributed by atoms with E-state index in [1.807, 2.05) is 25.1 Å². The van der Waals surface area contributed by atoms with Crippen LogP contribution in [0, 0.1) is 0 Å². The normalized spacial score (nSPS) is 10.1. The average molecular weight is 345 g/mol. The Balaban J connectivity index is 2.30. The van der Waals surface area contributed by atoms with Gasteiger partial charge in [-0.3, -0.25) is 4.79 Å². The molecule has 0 bridgehead atoms. The molecule has 0 aliphatic heterocycles. The van der Waals surface area contributed by atoms with E-state index in [0.29, 0.717) is 40.9 Å². The molecule has 2 aromatic rings. The average Bonchev–Trinajstić information content (AvgIpc) is 2.65. The van der Waals surface area contributed by atoms with Gasteiger partial charge in [0.25, 0.3) is 5.91 Å². The van der Waals surface area contributed by atoms with Crippen LogP contribution in [0.4, 0.5) is 5.69 Å². The predicted octanol–water partition coefficient (Wildman–Crippen LogP) is 3.75. The number of carbonyl (C=O) groups excluding carboxylic acids is 1. The molecule has 6 nitrogen and oxygen atoms in total. The van der Waals surface area contributed by atoms with E-state index in [-0.39, 0.29) is 5.91 Å². The topological polar surface area (TPSA) is 66.0 Å². The van der Waals surface area contributed by atoms with E-state index in [1.54, 1.807) is 18.2 Å². The Kier molecular flexibility index (Phi) is 6.51. The largest absolute Gasteiger partial charge is 0.493 e. The van der Waals surface area contributed by atoms with E-state index in [0.717, 1.165) is 6.42 Å². The summed E-state index contributed by atoms with van der Waals surface area (Å²) >= 11 is 0. The molecule has 0 aromatic heterocycles. The fraction of sp³-hybridized carbons (Fsp3) is 0.316. The van der Waals surface area contributed by atoms with E-state index in [9.17, 15) is 4.79 Å². The molecule has 0 radical (unpaired) electrons. The smallest absolute Gasteiger partial charge is 0.256 e. The van der Waals surface area contributed by atoms with Crippen LogP contribution in [-0.4, -0.2) is 33.8 Å². The van der Waals surface area contributed by atoms with E-state index in [2.05, 4.69) is 5.32 Å². The minimum Gasteiger partial charge on any atom is -0.493 e. The Hall–Kier alpha value is -2.89. The van der Waals surface area contributed by atoms with Crippen molar-refractivity contribution >= 4 is 11.6 Å². The second-order valence-electron chi connectivity index (χ2n) is 5.21. The summed E-state index contributed by atoms with van der Waals surface area (Å²) < 4.78 is 21.5. The molecule has 134 valence electrons. The van der Waals surface area contributed by atoms with Crippen LogP contribution < -0.4 is 24.3 Å². The summed E-state index contributed by atoms with van der Waals surface area (Å²) in [5.41, 5.74) is 0.995. The molecular weight excluding hydrogens is 322 g/mol. The Bertz CT molecular complexity index is 704. The number of methoxy groups -OCH3 is 3. The van der Waals surface area contributed by atoms with Crippen molar-refractivity contribution in [3.8, 4) is 23.0 Å². The summed E-state index contributed by atoms with van der Waals surface area (Å²) in [4.78, 5) is 12.7. The van der Waals surface area contributed by atoms with Crippen molar-refractivity contribution in [2.75, 3.05) is 33.3 Å². The van der Waals surface area contributed by atoms with Crippen molar-refractivity contribution < 1.29 is 23.7 Å². The number of benzene rings is 2. The molecule has 25 heavy (non-hydrogen) atoms. The van der Waals surface area contributed by atoms with Gasteiger partial charge in [0.1, 0.15) is 5.75 Å². The molecule has 1 N–H and O–H groups in total. The molecule has 0 saturated heterocycles. The number of nitrogens with one attached hydrogen (secondary N) is 1. The molecule has 6 heteroatoms. The molecule has 1 amide bonds. The van der Waals surface area contributed by atoms with Gasteiger partial charge in [0.05, 0.1) is 33.6 Å². The van der Waals surface area contributed by atoms with Gasteiger partial charge in [-0.15, -0.1) is 0 Å². The lowest BCUT2D eigenvalue weighted by Crippen LogP contribution is -2.13. The van der Waals surface area contributed by atoms with Crippen molar-refractivity contribution in [2.45, 2.75) is 13.3 Å². The number of rotatable bonds is 8. The van der Waals surface area contributed by atoms with Crippen LogP contribution in [0.3, 0.4) is 0 Å². The standard InChI is InChI=1S/C19H23NO5/c1-5-10-25-15-9-7-6-8-14(15)20-19(21)13-11-16(22-2)18(24-4)17(12-13)23-3/h6-9,11-12H,5,10H2,1-4H3,(H,20,21). The highest BCUT2D eigenvalue weighted by Crippen LogP contribution is 2.38. The first kappa shape index (κ1) is 18.4. The van der Waals surface area contributed by atoms with Gasteiger partial charge in [-0.05, 0) is 30.7 Å². The molecule has 2 rings (SSSR count). The summed E-state index contributed by atoms with van der Waals surface area (Å²) in [6.45, 7) is 2.61. The van der Waals surface area contributed by atoms with Gasteiger partial charge in [-0.1, -0.05) is 19.1 Å². The second-order valence-corrected chi connectivity index (χ2v) is 5.21. The molecule has 0 fully saturated rings. The molecular formula is C19H23NO5. The first-order valence-corrected chi connectivity index (χ1v) is 7.97. The first-order valence-electron chi connectivity index (χ1n) is 7.97. The highest BCUT2D eigenvalue weighted by Gasteiger charge is 2.18. The molecule has 0 aliphatic rings. The fourth-order valence-corrected chi connectivity index (χ4v) is 2.31. The third kappa shape index (κ3) is 4.35. The molecule has 2 aromatic carbocycles. The second kappa shape index (κ2) is 8.82. The summed E-state index contributed by atoms with van der Waals surface area (Å²) in [6.07, 6.45) is 0.884. The zero-order valence-electron chi connectivity index (χ0n) is 14.9. The van der Waals surface area contributed by atoms with Crippen LogP contribution in [0.5, 0.6) is 23.0 Å². The van der Waals surface area contributed by atoms with Gasteiger partial charge < -0.3 is 24.3 Å². The SMILES string of the molecule is CCCOc1ccccc1NC(=O)c1cc(OC)c(OC)c(OC)c1. The summed E-state index contributed by atoms with van der Waals surface area (Å²) in [7, 11) is 4.53. The monoisotopic (exact) mass is 345 g/mol. The number of amides is 1. The lowest BCUT2D eigenvalue weighted by molar-refractivity contribution is 0.102. The van der Waals surface area contributed by atoms with Gasteiger partial charge in [0.15, 0.2) is 11.5 Å². The van der Waals surface area contributed by atoms with Crippen molar-refractivity contribution in [1.29, 1.82) is 0 Å². The molecule has 0 heterocycles. The molecule has 0 spiro atoms. The van der Waals surface area contributed by atoms with E-state index in [4.69, 9.17) is 18.9 Å². The van der Waals surface area contributed by atoms with Crippen molar-refractivity contribution in [3.05, 3.63) is 42.0 Å². The number of hydrogen-bond donors (Lipinski definition) is 1. The number of hydrogen-bond acceptors (Lipinski definition) is 5. The zero-order valence-corrected chi connectivity index (χ0v) is 14.9. The summed E-state index contributed by atoms with van der Waals surface area (Å²) in [5.74, 6) is 1.61. The number of ether oxygens (including phenoxy) is 4. The number of para-hydroxylation sites is 2. The Labute approximate surface area is 147 Å². The third-order valence-electron chi connectivity index (χ3n) is 3.52. The highest BCUT2D eigenvalue weighted by molar-refractivity contribution is 6.05.